The lowest BCUT2D eigenvalue weighted by atomic mass is 10.0. The lowest BCUT2D eigenvalue weighted by Gasteiger charge is -2.33. The molecule has 2 aliphatic heterocycles. The lowest BCUT2D eigenvalue weighted by Crippen LogP contribution is -2.47. The number of unbranched alkanes of at least 4 members (excludes halogenated alkanes) is 4. The maximum absolute atomic E-state index is 12.2. The number of carbonyl (C=O) groups is 2. The Morgan fingerprint density at radius 3 is 2.78 bits per heavy atom. The smallest absolute Gasteiger partial charge is 0.259 e. The number of ether oxygens (including phenoxy) is 1. The Labute approximate surface area is 191 Å². The molecule has 2 aromatic rings. The minimum atomic E-state index is -1.11. The van der Waals surface area contributed by atoms with Crippen LogP contribution in [0.15, 0.2) is 35.8 Å². The van der Waals surface area contributed by atoms with Crippen LogP contribution >= 0.6 is 11.6 Å². The Bertz CT molecular complexity index is 1020. The van der Waals surface area contributed by atoms with Gasteiger partial charge in [-0.25, -0.2) is 9.98 Å². The number of benzene rings is 1. The molecule has 0 aliphatic carbocycles. The highest BCUT2D eigenvalue weighted by atomic mass is 35.5. The van der Waals surface area contributed by atoms with Crippen LogP contribution in [0.1, 0.15) is 50.6 Å². The van der Waals surface area contributed by atoms with Crippen LogP contribution in [0.2, 0.25) is 5.02 Å². The highest BCUT2D eigenvalue weighted by Gasteiger charge is 2.46. The predicted molar refractivity (Wildman–Crippen MR) is 121 cm³/mol. The fraction of sp³-hybridized carbons (Fsp3) is 0.455. The summed E-state index contributed by atoms with van der Waals surface area (Å²) in [6.07, 6.45) is 11.1. The number of hydrogen-bond donors (Lipinski definition) is 2. The Morgan fingerprint density at radius 2 is 2.03 bits per heavy atom. The molecule has 2 amide bonds. The van der Waals surface area contributed by atoms with Gasteiger partial charge in [0, 0.05) is 24.5 Å². The molecule has 3 heterocycles. The monoisotopic (exact) mass is 458 g/mol. The van der Waals surface area contributed by atoms with Gasteiger partial charge >= 0.3 is 0 Å². The highest BCUT2D eigenvalue weighted by molar-refractivity contribution is 6.33. The number of carbonyl (C=O) groups excluding carboxylic acids is 2. The van der Waals surface area contributed by atoms with Gasteiger partial charge in [-0.1, -0.05) is 30.9 Å². The Hall–Kier alpha value is -3.07. The molecule has 1 saturated heterocycles. The van der Waals surface area contributed by atoms with Crippen LogP contribution in [0, 0.1) is 0 Å². The van der Waals surface area contributed by atoms with Gasteiger partial charge in [0.2, 0.25) is 11.9 Å². The van der Waals surface area contributed by atoms with E-state index in [4.69, 9.17) is 22.1 Å². The van der Waals surface area contributed by atoms with Gasteiger partial charge in [0.15, 0.2) is 6.04 Å². The average Bonchev–Trinajstić information content (AvgIpc) is 3.38. The summed E-state index contributed by atoms with van der Waals surface area (Å²) in [7, 11) is 0. The number of guanidine groups is 1. The number of rotatable bonds is 10. The minimum absolute atomic E-state index is 0.316. The Morgan fingerprint density at radius 1 is 1.25 bits per heavy atom. The molecule has 1 fully saturated rings. The second-order valence-electron chi connectivity index (χ2n) is 8.04. The number of nitrogens with two attached hydrogens (primary N) is 1. The van der Waals surface area contributed by atoms with E-state index in [1.54, 1.807) is 17.2 Å². The molecule has 2 unspecified atom stereocenters. The Balaban J connectivity index is 1.30. The zero-order chi connectivity index (χ0) is 22.7. The molecule has 10 heteroatoms. The third kappa shape index (κ3) is 4.43. The molecule has 4 rings (SSSR count). The number of amides is 2. The van der Waals surface area contributed by atoms with Gasteiger partial charge in [-0.15, -0.1) is 0 Å². The first-order valence-electron chi connectivity index (χ1n) is 10.9. The van der Waals surface area contributed by atoms with Crippen molar-refractivity contribution in [2.75, 3.05) is 6.61 Å². The maximum atomic E-state index is 12.2. The number of aliphatic imine (C=N–C) groups is 1. The fourth-order valence-corrected chi connectivity index (χ4v) is 4.57. The van der Waals surface area contributed by atoms with E-state index in [9.17, 15) is 9.59 Å². The van der Waals surface area contributed by atoms with Crippen LogP contribution in [0.5, 0.6) is 5.75 Å². The zero-order valence-electron chi connectivity index (χ0n) is 18.0. The van der Waals surface area contributed by atoms with E-state index in [0.29, 0.717) is 29.0 Å². The number of hydrogen-bond acceptors (Lipinski definition) is 6. The topological polar surface area (TPSA) is 115 Å². The first-order valence-corrected chi connectivity index (χ1v) is 11.2. The van der Waals surface area contributed by atoms with Crippen LogP contribution < -0.4 is 15.8 Å². The molecule has 170 valence electrons. The van der Waals surface area contributed by atoms with Gasteiger partial charge in [0.25, 0.3) is 5.91 Å². The first-order chi connectivity index (χ1) is 15.5. The van der Waals surface area contributed by atoms with Crippen molar-refractivity contribution >= 4 is 35.1 Å². The van der Waals surface area contributed by atoms with Gasteiger partial charge in [-0.3, -0.25) is 14.9 Å². The third-order valence-corrected chi connectivity index (χ3v) is 6.23. The van der Waals surface area contributed by atoms with E-state index in [0.717, 1.165) is 37.8 Å². The number of imidazole rings is 1. The quantitative estimate of drug-likeness (QED) is 0.419. The van der Waals surface area contributed by atoms with Gasteiger partial charge in [0.05, 0.1) is 29.7 Å². The first kappa shape index (κ1) is 22.1. The largest absolute Gasteiger partial charge is 0.492 e. The van der Waals surface area contributed by atoms with Crippen molar-refractivity contribution in [3.63, 3.8) is 0 Å². The Kier molecular flexibility index (Phi) is 6.64. The van der Waals surface area contributed by atoms with Crippen LogP contribution in [0.25, 0.3) is 0 Å². The van der Waals surface area contributed by atoms with Gasteiger partial charge < -0.3 is 19.9 Å². The number of fused-ring (bicyclic) bond motifs is 2. The van der Waals surface area contributed by atoms with Crippen molar-refractivity contribution < 1.29 is 14.3 Å². The summed E-state index contributed by atoms with van der Waals surface area (Å²) in [6.45, 7) is 3.43. The van der Waals surface area contributed by atoms with Crippen molar-refractivity contribution in [1.29, 1.82) is 0 Å². The number of halogens is 1. The molecule has 32 heavy (non-hydrogen) atoms. The standard InChI is InChI=1S/C22H27ClN6O3/c1-14-17-15(26-22-27-21(31)19(20(24)30)29(14)22)7-8-16(18(17)23)32-12-6-4-2-3-5-10-28-11-9-25-13-28/h7-9,11,13-14,19H,2-6,10,12H2,1H3,(H2,24,30)(H,26,27,31). The van der Waals surface area contributed by atoms with Gasteiger partial charge in [0.1, 0.15) is 5.75 Å². The number of aromatic nitrogens is 2. The van der Waals surface area contributed by atoms with E-state index in [2.05, 4.69) is 19.9 Å². The van der Waals surface area contributed by atoms with E-state index in [1.165, 1.54) is 6.42 Å². The molecular weight excluding hydrogens is 432 g/mol. The molecule has 2 atom stereocenters. The summed E-state index contributed by atoms with van der Waals surface area (Å²) >= 11 is 6.66. The van der Waals surface area contributed by atoms with Crippen molar-refractivity contribution in [2.24, 2.45) is 10.7 Å². The van der Waals surface area contributed by atoms with Crippen LogP contribution in [0.3, 0.4) is 0 Å². The van der Waals surface area contributed by atoms with Crippen LogP contribution in [0.4, 0.5) is 5.69 Å². The second kappa shape index (κ2) is 9.60. The molecule has 0 spiro atoms. The van der Waals surface area contributed by atoms with Crippen molar-refractivity contribution in [2.45, 2.75) is 57.7 Å². The third-order valence-electron chi connectivity index (χ3n) is 5.84. The average molecular weight is 459 g/mol. The molecule has 3 N–H and O–H groups in total. The zero-order valence-corrected chi connectivity index (χ0v) is 18.7. The summed E-state index contributed by atoms with van der Waals surface area (Å²) in [4.78, 5) is 34.1. The summed E-state index contributed by atoms with van der Waals surface area (Å²) in [5.41, 5.74) is 6.80. The maximum Gasteiger partial charge on any atom is 0.259 e. The molecule has 0 bridgehead atoms. The summed E-state index contributed by atoms with van der Waals surface area (Å²) in [5.74, 6) is -0.313. The second-order valence-corrected chi connectivity index (χ2v) is 8.42. The van der Waals surface area contributed by atoms with Crippen LogP contribution in [-0.2, 0) is 16.1 Å². The number of primary amides is 1. The summed E-state index contributed by atoms with van der Waals surface area (Å²) in [5, 5.41) is 3.07. The van der Waals surface area contributed by atoms with E-state index < -0.39 is 17.9 Å². The summed E-state index contributed by atoms with van der Waals surface area (Å²) in [6, 6.07) is 2.14. The number of aryl methyl sites for hydroxylation is 1. The number of nitrogens with zero attached hydrogens (tertiary/aromatic N) is 4. The SMILES string of the molecule is CC1c2c(ccc(OCCCCCCCn3ccnc3)c2Cl)N=C2NC(=O)C(C(N)=O)N21. The van der Waals surface area contributed by atoms with Crippen LogP contribution in [-0.4, -0.2) is 44.9 Å². The molecule has 0 saturated carbocycles. The van der Waals surface area contributed by atoms with E-state index in [1.807, 2.05) is 25.5 Å². The van der Waals surface area contributed by atoms with E-state index in [-0.39, 0.29) is 6.04 Å². The molecular formula is C22H27ClN6O3. The van der Waals surface area contributed by atoms with Crippen molar-refractivity contribution in [3.05, 3.63) is 41.4 Å². The molecule has 0 radical (unpaired) electrons. The normalized spacial score (nSPS) is 19.2. The predicted octanol–water partition coefficient (Wildman–Crippen LogP) is 2.91. The summed E-state index contributed by atoms with van der Waals surface area (Å²) < 4.78 is 8.03. The highest BCUT2D eigenvalue weighted by Crippen LogP contribution is 2.44. The lowest BCUT2D eigenvalue weighted by molar-refractivity contribution is -0.131. The van der Waals surface area contributed by atoms with Crippen molar-refractivity contribution in [1.82, 2.24) is 19.8 Å². The molecule has 1 aromatic heterocycles. The minimum Gasteiger partial charge on any atom is -0.492 e. The molecule has 9 nitrogen and oxygen atoms in total. The molecule has 2 aliphatic rings. The van der Waals surface area contributed by atoms with Crippen molar-refractivity contribution in [3.8, 4) is 5.75 Å². The fourth-order valence-electron chi connectivity index (χ4n) is 4.20. The van der Waals surface area contributed by atoms with Gasteiger partial charge in [-0.05, 0) is 31.9 Å². The van der Waals surface area contributed by atoms with E-state index >= 15 is 0 Å². The van der Waals surface area contributed by atoms with Gasteiger partial charge in [-0.2, -0.15) is 0 Å². The number of nitrogens with one attached hydrogen (secondary N) is 1. The molecule has 1 aromatic carbocycles.